The number of nitrogens with two attached hydrogens (primary N) is 1. The van der Waals surface area contributed by atoms with Gasteiger partial charge >= 0.3 is 0 Å². The summed E-state index contributed by atoms with van der Waals surface area (Å²) in [5.41, 5.74) is 6.57. The highest BCUT2D eigenvalue weighted by Gasteiger charge is 2.09. The molecule has 1 aromatic carbocycles. The number of carbonyl (C=O) groups excluding carboxylic acids is 2. The molecule has 0 fully saturated rings. The van der Waals surface area contributed by atoms with E-state index >= 15 is 0 Å². The van der Waals surface area contributed by atoms with Crippen LogP contribution in [-0.2, 0) is 0 Å². The lowest BCUT2D eigenvalue weighted by molar-refractivity contribution is 0.0996. The van der Waals surface area contributed by atoms with Gasteiger partial charge in [-0.2, -0.15) is 0 Å². The average molecular weight is 350 g/mol. The zero-order chi connectivity index (χ0) is 18.5. The minimum absolute atomic E-state index is 0.0914. The molecule has 0 spiro atoms. The summed E-state index contributed by atoms with van der Waals surface area (Å²) in [5.74, 6) is -1.03. The number of hydrogen-bond donors (Lipinski definition) is 4. The third kappa shape index (κ3) is 4.09. The Hall–Kier alpha value is -4.01. The molecule has 2 aromatic heterocycles. The number of rotatable bonds is 5. The Morgan fingerprint density at radius 3 is 2.38 bits per heavy atom. The molecule has 0 radical (unpaired) electrons. The third-order valence-corrected chi connectivity index (χ3v) is 3.28. The van der Waals surface area contributed by atoms with Gasteiger partial charge < -0.3 is 21.5 Å². The number of aromatic hydroxyl groups is 1. The number of carbonyl (C=O) groups is 2. The van der Waals surface area contributed by atoms with Gasteiger partial charge in [0, 0.05) is 29.8 Å². The number of nitrogens with zero attached hydrogens (tertiary/aromatic N) is 3. The van der Waals surface area contributed by atoms with Crippen LogP contribution in [0.2, 0.25) is 0 Å². The second-order valence-electron chi connectivity index (χ2n) is 5.20. The van der Waals surface area contributed by atoms with E-state index < -0.39 is 11.8 Å². The molecule has 2 amide bonds. The van der Waals surface area contributed by atoms with Crippen LogP contribution in [0.15, 0.2) is 54.9 Å². The monoisotopic (exact) mass is 350 g/mol. The van der Waals surface area contributed by atoms with Gasteiger partial charge in [-0.15, -0.1) is 0 Å². The van der Waals surface area contributed by atoms with Crippen molar-refractivity contribution in [2.75, 3.05) is 10.6 Å². The topological polar surface area (TPSA) is 143 Å². The Kier molecular flexibility index (Phi) is 4.70. The molecule has 26 heavy (non-hydrogen) atoms. The van der Waals surface area contributed by atoms with Gasteiger partial charge in [-0.05, 0) is 24.3 Å². The van der Waals surface area contributed by atoms with E-state index in [2.05, 4.69) is 25.6 Å². The first-order valence-corrected chi connectivity index (χ1v) is 7.47. The van der Waals surface area contributed by atoms with Crippen molar-refractivity contribution in [2.45, 2.75) is 0 Å². The second kappa shape index (κ2) is 7.26. The summed E-state index contributed by atoms with van der Waals surface area (Å²) < 4.78 is 0. The van der Waals surface area contributed by atoms with Crippen molar-refractivity contribution in [3.8, 4) is 5.88 Å². The first-order valence-electron chi connectivity index (χ1n) is 7.47. The van der Waals surface area contributed by atoms with Crippen LogP contribution in [0.25, 0.3) is 0 Å². The molecule has 0 aliphatic heterocycles. The molecule has 9 nitrogen and oxygen atoms in total. The van der Waals surface area contributed by atoms with Crippen LogP contribution in [0, 0.1) is 0 Å². The molecule has 130 valence electrons. The molecule has 0 aliphatic carbocycles. The fourth-order valence-electron chi connectivity index (χ4n) is 2.07. The van der Waals surface area contributed by atoms with Crippen LogP contribution < -0.4 is 16.4 Å². The molecule has 0 bridgehead atoms. The Bertz CT molecular complexity index is 959. The highest BCUT2D eigenvalue weighted by molar-refractivity contribution is 6.03. The van der Waals surface area contributed by atoms with Crippen LogP contribution in [0.3, 0.4) is 0 Å². The van der Waals surface area contributed by atoms with Crippen LogP contribution in [-0.4, -0.2) is 31.9 Å². The summed E-state index contributed by atoms with van der Waals surface area (Å²) in [6.45, 7) is 0. The third-order valence-electron chi connectivity index (χ3n) is 3.28. The normalized spacial score (nSPS) is 10.2. The summed E-state index contributed by atoms with van der Waals surface area (Å²) in [6.07, 6.45) is 2.63. The number of aromatic nitrogens is 3. The van der Waals surface area contributed by atoms with E-state index in [1.54, 1.807) is 24.3 Å². The molecular weight excluding hydrogens is 336 g/mol. The average Bonchev–Trinajstić information content (AvgIpc) is 2.62. The second-order valence-corrected chi connectivity index (χ2v) is 5.20. The minimum atomic E-state index is -0.609. The molecule has 5 N–H and O–H groups in total. The van der Waals surface area contributed by atoms with Gasteiger partial charge in [-0.1, -0.05) is 12.1 Å². The zero-order valence-corrected chi connectivity index (χ0v) is 13.4. The maximum absolute atomic E-state index is 12.2. The predicted octanol–water partition coefficient (Wildman–Crippen LogP) is 1.67. The fraction of sp³-hybridized carbons (Fsp3) is 0. The number of nitrogens with one attached hydrogen (secondary N) is 2. The number of anilines is 3. The molecule has 0 aliphatic rings. The van der Waals surface area contributed by atoms with E-state index in [9.17, 15) is 14.7 Å². The zero-order valence-electron chi connectivity index (χ0n) is 13.4. The summed E-state index contributed by atoms with van der Waals surface area (Å²) in [7, 11) is 0. The van der Waals surface area contributed by atoms with Crippen molar-refractivity contribution >= 4 is 29.1 Å². The predicted molar refractivity (Wildman–Crippen MR) is 94.1 cm³/mol. The molecule has 0 saturated heterocycles. The Balaban J connectivity index is 1.71. The standard InChI is InChI=1S/C17H14N6O3/c18-15(25)10-8-19-17(20-9-10)22-12-4-1-3-11(7-12)21-16(26)13-5-2-6-14(24)23-13/h1-9H,(H2,18,25)(H,21,26)(H,23,24)(H,19,20,22). The van der Waals surface area contributed by atoms with Crippen molar-refractivity contribution in [3.05, 3.63) is 66.1 Å². The van der Waals surface area contributed by atoms with Crippen molar-refractivity contribution in [2.24, 2.45) is 5.73 Å². The van der Waals surface area contributed by atoms with Gasteiger partial charge in [0.15, 0.2) is 0 Å². The van der Waals surface area contributed by atoms with E-state index in [1.807, 2.05) is 0 Å². The maximum atomic E-state index is 12.2. The highest BCUT2D eigenvalue weighted by Crippen LogP contribution is 2.19. The van der Waals surface area contributed by atoms with Crippen LogP contribution >= 0.6 is 0 Å². The first kappa shape index (κ1) is 16.8. The van der Waals surface area contributed by atoms with Crippen LogP contribution in [0.5, 0.6) is 5.88 Å². The van der Waals surface area contributed by atoms with Crippen LogP contribution in [0.4, 0.5) is 17.3 Å². The van der Waals surface area contributed by atoms with Gasteiger partial charge in [0.05, 0.1) is 5.56 Å². The fourth-order valence-corrected chi connectivity index (χ4v) is 2.07. The van der Waals surface area contributed by atoms with Gasteiger partial charge in [0.1, 0.15) is 5.69 Å². The lowest BCUT2D eigenvalue weighted by Gasteiger charge is -2.08. The van der Waals surface area contributed by atoms with Gasteiger partial charge in [-0.25, -0.2) is 15.0 Å². The van der Waals surface area contributed by atoms with E-state index in [0.29, 0.717) is 11.4 Å². The number of amides is 2. The Morgan fingerprint density at radius 2 is 1.69 bits per heavy atom. The molecular formula is C17H14N6O3. The van der Waals surface area contributed by atoms with E-state index in [-0.39, 0.29) is 23.1 Å². The van der Waals surface area contributed by atoms with Gasteiger partial charge in [0.2, 0.25) is 11.8 Å². The Morgan fingerprint density at radius 1 is 1.00 bits per heavy atom. The summed E-state index contributed by atoms with van der Waals surface area (Å²) in [6, 6.07) is 11.3. The molecule has 0 atom stereocenters. The summed E-state index contributed by atoms with van der Waals surface area (Å²) >= 11 is 0. The minimum Gasteiger partial charge on any atom is -0.493 e. The molecule has 0 unspecified atom stereocenters. The molecule has 2 heterocycles. The number of pyridine rings is 1. The number of hydrogen-bond acceptors (Lipinski definition) is 7. The summed E-state index contributed by atoms with van der Waals surface area (Å²) in [5, 5.41) is 15.0. The highest BCUT2D eigenvalue weighted by atomic mass is 16.3. The molecule has 9 heteroatoms. The number of primary amides is 1. The van der Waals surface area contributed by atoms with E-state index in [4.69, 9.17) is 5.73 Å². The van der Waals surface area contributed by atoms with Crippen molar-refractivity contribution in [3.63, 3.8) is 0 Å². The van der Waals surface area contributed by atoms with Gasteiger partial charge in [-0.3, -0.25) is 9.59 Å². The SMILES string of the molecule is NC(=O)c1cnc(Nc2cccc(NC(=O)c3cccc(O)n3)c2)nc1. The maximum Gasteiger partial charge on any atom is 0.274 e. The quantitative estimate of drug-likeness (QED) is 0.548. The van der Waals surface area contributed by atoms with Crippen molar-refractivity contribution < 1.29 is 14.7 Å². The number of benzene rings is 1. The van der Waals surface area contributed by atoms with E-state index in [1.165, 1.54) is 30.6 Å². The molecule has 0 saturated carbocycles. The first-order chi connectivity index (χ1) is 12.5. The van der Waals surface area contributed by atoms with Crippen LogP contribution in [0.1, 0.15) is 20.8 Å². The summed E-state index contributed by atoms with van der Waals surface area (Å²) in [4.78, 5) is 34.9. The smallest absolute Gasteiger partial charge is 0.274 e. The Labute approximate surface area is 147 Å². The molecule has 3 aromatic rings. The van der Waals surface area contributed by atoms with E-state index in [0.717, 1.165) is 0 Å². The van der Waals surface area contributed by atoms with Crippen molar-refractivity contribution in [1.82, 2.24) is 15.0 Å². The van der Waals surface area contributed by atoms with Gasteiger partial charge in [0.25, 0.3) is 11.8 Å². The molecule has 3 rings (SSSR count). The lowest BCUT2D eigenvalue weighted by Crippen LogP contribution is -2.13. The lowest BCUT2D eigenvalue weighted by atomic mass is 10.2. The van der Waals surface area contributed by atoms with Crippen molar-refractivity contribution in [1.29, 1.82) is 0 Å². The largest absolute Gasteiger partial charge is 0.493 e.